The van der Waals surface area contributed by atoms with Gasteiger partial charge in [-0.1, -0.05) is 109 Å². The lowest BCUT2D eigenvalue weighted by atomic mass is 10.1. The van der Waals surface area contributed by atoms with Gasteiger partial charge in [-0.05, 0) is 37.8 Å². The van der Waals surface area contributed by atoms with Gasteiger partial charge in [-0.25, -0.2) is 0 Å². The Morgan fingerprint density at radius 1 is 0.444 bits per heavy atom. The molecule has 0 aromatic heterocycles. The maximum absolute atomic E-state index is 8.36. The molecule has 0 spiro atoms. The molecule has 0 aliphatic carbocycles. The molecule has 0 bridgehead atoms. The number of rotatable bonds is 17. The van der Waals surface area contributed by atoms with Crippen molar-refractivity contribution >= 4 is 0 Å². The van der Waals surface area contributed by atoms with Gasteiger partial charge in [0, 0.05) is 0 Å². The van der Waals surface area contributed by atoms with E-state index in [2.05, 4.69) is 26.0 Å². The van der Waals surface area contributed by atoms with E-state index in [1.165, 1.54) is 83.5 Å². The zero-order valence-electron chi connectivity index (χ0n) is 18.1. The van der Waals surface area contributed by atoms with Crippen LogP contribution < -0.4 is 0 Å². The second-order valence-corrected chi connectivity index (χ2v) is 7.01. The van der Waals surface area contributed by atoms with Crippen LogP contribution in [0.5, 0.6) is 0 Å². The van der Waals surface area contributed by atoms with E-state index in [0.29, 0.717) is 0 Å². The molecule has 0 unspecified atom stereocenters. The highest BCUT2D eigenvalue weighted by Gasteiger charge is 1.89. The largest absolute Gasteiger partial charge is 0.516 e. The molecule has 0 aliphatic heterocycles. The average Bonchev–Trinajstić information content (AvgIpc) is 2.69. The van der Waals surface area contributed by atoms with Gasteiger partial charge in [0.25, 0.3) is 0 Å². The van der Waals surface area contributed by atoms with Gasteiger partial charge >= 0.3 is 0 Å². The van der Waals surface area contributed by atoms with Gasteiger partial charge in [-0.3, -0.25) is 0 Å². The Bertz CT molecular complexity index is 353. The molecule has 2 heteroatoms. The average molecular weight is 379 g/mol. The maximum atomic E-state index is 8.36. The summed E-state index contributed by atoms with van der Waals surface area (Å²) >= 11 is 0. The van der Waals surface area contributed by atoms with Gasteiger partial charge in [0.1, 0.15) is 0 Å². The zero-order chi connectivity index (χ0) is 20.3. The lowest BCUT2D eigenvalue weighted by Crippen LogP contribution is -1.78. The summed E-state index contributed by atoms with van der Waals surface area (Å²) in [4.78, 5) is 0. The van der Waals surface area contributed by atoms with Gasteiger partial charge < -0.3 is 10.2 Å². The van der Waals surface area contributed by atoms with Crippen molar-refractivity contribution < 1.29 is 10.2 Å². The van der Waals surface area contributed by atoms with Crippen LogP contribution in [0, 0.1) is 0 Å². The predicted octanol–water partition coefficient (Wildman–Crippen LogP) is 9.12. The zero-order valence-corrected chi connectivity index (χ0v) is 18.1. The summed E-state index contributed by atoms with van der Waals surface area (Å²) in [5.41, 5.74) is 0. The Hall–Kier alpha value is -1.44. The molecule has 0 atom stereocenters. The Morgan fingerprint density at radius 2 is 0.778 bits per heavy atom. The van der Waals surface area contributed by atoms with Crippen LogP contribution in [0.1, 0.15) is 110 Å². The molecular weight excluding hydrogens is 332 g/mol. The highest BCUT2D eigenvalue weighted by Crippen LogP contribution is 2.08. The van der Waals surface area contributed by atoms with Gasteiger partial charge in [0.15, 0.2) is 0 Å². The Kier molecular flexibility index (Phi) is 30.2. The SMILES string of the molecule is CCCCCCCC/C=C/C=C\O.CCCCCCCCC/C=C/C=C\O. The second kappa shape index (κ2) is 29.3. The van der Waals surface area contributed by atoms with E-state index in [1.807, 2.05) is 12.2 Å². The second-order valence-electron chi connectivity index (χ2n) is 7.01. The van der Waals surface area contributed by atoms with Crippen LogP contribution in [-0.2, 0) is 0 Å². The summed E-state index contributed by atoms with van der Waals surface area (Å²) in [6.07, 6.45) is 33.3. The van der Waals surface area contributed by atoms with Gasteiger partial charge in [0.05, 0.1) is 12.5 Å². The van der Waals surface area contributed by atoms with Crippen molar-refractivity contribution in [2.45, 2.75) is 110 Å². The summed E-state index contributed by atoms with van der Waals surface area (Å²) < 4.78 is 0. The maximum Gasteiger partial charge on any atom is 0.0791 e. The van der Waals surface area contributed by atoms with Gasteiger partial charge in [0.2, 0.25) is 0 Å². The van der Waals surface area contributed by atoms with E-state index < -0.39 is 0 Å². The lowest BCUT2D eigenvalue weighted by molar-refractivity contribution is 0.473. The minimum absolute atomic E-state index is 1.07. The van der Waals surface area contributed by atoms with E-state index in [1.54, 1.807) is 12.2 Å². The van der Waals surface area contributed by atoms with Gasteiger partial charge in [-0.2, -0.15) is 0 Å². The molecule has 158 valence electrons. The van der Waals surface area contributed by atoms with E-state index >= 15 is 0 Å². The standard InChI is InChI=1S/C13H24O.C12H22O/c1-2-3-4-5-6-7-8-9-10-11-12-13-14;1-2-3-4-5-6-7-8-9-10-11-12-13/h10-14H,2-9H2,1H3;9-13H,2-8H2,1H3/b11-10+,13-12-;10-9+,12-11-. The minimum atomic E-state index is 1.07. The third kappa shape index (κ3) is 32.7. The molecule has 27 heavy (non-hydrogen) atoms. The van der Waals surface area contributed by atoms with Crippen molar-refractivity contribution in [1.29, 1.82) is 0 Å². The molecule has 0 saturated heterocycles. The molecule has 0 amide bonds. The van der Waals surface area contributed by atoms with Crippen molar-refractivity contribution in [3.05, 3.63) is 49.0 Å². The highest BCUT2D eigenvalue weighted by molar-refractivity contribution is 4.99. The smallest absolute Gasteiger partial charge is 0.0791 e. The molecule has 2 N–H and O–H groups in total. The lowest BCUT2D eigenvalue weighted by Gasteiger charge is -1.98. The molecule has 0 rings (SSSR count). The fraction of sp³-hybridized carbons (Fsp3) is 0.680. The van der Waals surface area contributed by atoms with E-state index in [4.69, 9.17) is 10.2 Å². The van der Waals surface area contributed by atoms with Crippen molar-refractivity contribution in [3.63, 3.8) is 0 Å². The highest BCUT2D eigenvalue weighted by atomic mass is 16.2. The molecular formula is C25H46O2. The van der Waals surface area contributed by atoms with Crippen LogP contribution in [0.25, 0.3) is 0 Å². The molecule has 0 saturated carbocycles. The van der Waals surface area contributed by atoms with Crippen LogP contribution in [0.4, 0.5) is 0 Å². The van der Waals surface area contributed by atoms with E-state index in [-0.39, 0.29) is 0 Å². The normalized spacial score (nSPS) is 11.8. The van der Waals surface area contributed by atoms with Crippen LogP contribution in [0.15, 0.2) is 49.0 Å². The Balaban J connectivity index is 0. The number of hydrogen-bond acceptors (Lipinski definition) is 2. The first-order valence-electron chi connectivity index (χ1n) is 11.2. The molecule has 0 aliphatic rings. The number of aliphatic hydroxyl groups is 2. The molecule has 0 radical (unpaired) electrons. The fourth-order valence-electron chi connectivity index (χ4n) is 2.71. The molecule has 0 fully saturated rings. The third-order valence-electron chi connectivity index (χ3n) is 4.37. The fourth-order valence-corrected chi connectivity index (χ4v) is 2.71. The summed E-state index contributed by atoms with van der Waals surface area (Å²) in [5.74, 6) is 0. The van der Waals surface area contributed by atoms with Crippen molar-refractivity contribution in [3.8, 4) is 0 Å². The molecule has 0 aromatic carbocycles. The summed E-state index contributed by atoms with van der Waals surface area (Å²) in [6, 6.07) is 0. The van der Waals surface area contributed by atoms with Crippen LogP contribution in [0.2, 0.25) is 0 Å². The quantitative estimate of drug-likeness (QED) is 0.150. The summed E-state index contributed by atoms with van der Waals surface area (Å²) in [6.45, 7) is 4.49. The van der Waals surface area contributed by atoms with E-state index in [0.717, 1.165) is 25.4 Å². The van der Waals surface area contributed by atoms with Gasteiger partial charge in [-0.15, -0.1) is 0 Å². The Morgan fingerprint density at radius 3 is 1.11 bits per heavy atom. The first-order chi connectivity index (χ1) is 13.3. The summed E-state index contributed by atoms with van der Waals surface area (Å²) in [7, 11) is 0. The topological polar surface area (TPSA) is 40.5 Å². The Labute approximate surface area is 169 Å². The first kappa shape index (κ1) is 27.8. The van der Waals surface area contributed by atoms with Crippen LogP contribution in [0.3, 0.4) is 0 Å². The monoisotopic (exact) mass is 378 g/mol. The van der Waals surface area contributed by atoms with Crippen molar-refractivity contribution in [1.82, 2.24) is 0 Å². The van der Waals surface area contributed by atoms with E-state index in [9.17, 15) is 0 Å². The minimum Gasteiger partial charge on any atom is -0.516 e. The molecule has 0 heterocycles. The molecule has 2 nitrogen and oxygen atoms in total. The number of aliphatic hydroxyl groups excluding tert-OH is 2. The summed E-state index contributed by atoms with van der Waals surface area (Å²) in [5, 5.41) is 16.7. The third-order valence-corrected chi connectivity index (χ3v) is 4.37. The number of allylic oxidation sites excluding steroid dienone is 6. The first-order valence-corrected chi connectivity index (χ1v) is 11.2. The van der Waals surface area contributed by atoms with Crippen molar-refractivity contribution in [2.24, 2.45) is 0 Å². The predicted molar refractivity (Wildman–Crippen MR) is 122 cm³/mol. The molecule has 0 aromatic rings. The van der Waals surface area contributed by atoms with Crippen LogP contribution in [-0.4, -0.2) is 10.2 Å². The number of unbranched alkanes of at least 4 members (excludes halogenated alkanes) is 13. The number of hydrogen-bond donors (Lipinski definition) is 2. The van der Waals surface area contributed by atoms with Crippen molar-refractivity contribution in [2.75, 3.05) is 0 Å². The van der Waals surface area contributed by atoms with Crippen LogP contribution >= 0.6 is 0 Å².